The number of methoxy groups -OCH3 is 1. The number of nitrogens with one attached hydrogen (secondary N) is 1. The van der Waals surface area contributed by atoms with Crippen LogP contribution in [0.4, 0.5) is 0 Å². The van der Waals surface area contributed by atoms with E-state index in [4.69, 9.17) is 0 Å². The second-order valence-corrected chi connectivity index (χ2v) is 3.41. The molecule has 1 rings (SSSR count). The van der Waals surface area contributed by atoms with Crippen molar-refractivity contribution in [3.05, 3.63) is 0 Å². The summed E-state index contributed by atoms with van der Waals surface area (Å²) in [6, 6.07) is -0.701. The minimum absolute atomic E-state index is 0.0471. The Morgan fingerprint density at radius 3 is 2.93 bits per heavy atom. The molecule has 1 fully saturated rings. The van der Waals surface area contributed by atoms with E-state index in [1.807, 2.05) is 0 Å². The summed E-state index contributed by atoms with van der Waals surface area (Å²) in [5.41, 5.74) is 0. The second kappa shape index (κ2) is 4.41. The largest absolute Gasteiger partial charge is 0.467 e. The molecule has 0 bridgehead atoms. The first-order valence-electron chi connectivity index (χ1n) is 4.69. The lowest BCUT2D eigenvalue weighted by Gasteiger charge is -2.34. The van der Waals surface area contributed by atoms with Gasteiger partial charge >= 0.3 is 5.97 Å². The van der Waals surface area contributed by atoms with Gasteiger partial charge in [-0.25, -0.2) is 4.79 Å². The average molecular weight is 200 g/mol. The molecule has 0 aliphatic carbocycles. The van der Waals surface area contributed by atoms with Crippen molar-refractivity contribution < 1.29 is 14.3 Å². The fourth-order valence-electron chi connectivity index (χ4n) is 1.53. The third-order valence-electron chi connectivity index (χ3n) is 2.47. The molecule has 1 N–H and O–H groups in total. The Balaban J connectivity index is 2.66. The number of nitrogens with zero attached hydrogens (tertiary/aromatic N) is 1. The SMILES string of the molecule is COC(=O)[C@@H](C)N1CCN[C@@H](C)C1=O. The average Bonchev–Trinajstić information content (AvgIpc) is 2.20. The maximum Gasteiger partial charge on any atom is 0.328 e. The van der Waals surface area contributed by atoms with Crippen molar-refractivity contribution >= 4 is 11.9 Å². The van der Waals surface area contributed by atoms with Crippen LogP contribution in [0, 0.1) is 0 Å². The molecule has 0 spiro atoms. The highest BCUT2D eigenvalue weighted by Crippen LogP contribution is 2.07. The van der Waals surface area contributed by atoms with Crippen LogP contribution in [0.2, 0.25) is 0 Å². The minimum atomic E-state index is -0.489. The van der Waals surface area contributed by atoms with E-state index in [0.717, 1.165) is 0 Å². The maximum absolute atomic E-state index is 11.6. The predicted molar refractivity (Wildman–Crippen MR) is 50.7 cm³/mol. The molecule has 14 heavy (non-hydrogen) atoms. The number of ether oxygens (including phenoxy) is 1. The molecular formula is C9H16N2O3. The van der Waals surface area contributed by atoms with Crippen LogP contribution in [0.25, 0.3) is 0 Å². The molecule has 1 saturated heterocycles. The van der Waals surface area contributed by atoms with E-state index in [9.17, 15) is 9.59 Å². The monoisotopic (exact) mass is 200 g/mol. The summed E-state index contributed by atoms with van der Waals surface area (Å²) in [6.45, 7) is 4.74. The van der Waals surface area contributed by atoms with Crippen molar-refractivity contribution in [1.82, 2.24) is 10.2 Å². The van der Waals surface area contributed by atoms with E-state index in [-0.39, 0.29) is 17.9 Å². The van der Waals surface area contributed by atoms with Crippen molar-refractivity contribution in [1.29, 1.82) is 0 Å². The van der Waals surface area contributed by atoms with Crippen molar-refractivity contribution in [3.63, 3.8) is 0 Å². The molecular weight excluding hydrogens is 184 g/mol. The molecule has 0 aromatic carbocycles. The van der Waals surface area contributed by atoms with Crippen LogP contribution in [-0.4, -0.2) is 49.1 Å². The number of piperazine rings is 1. The minimum Gasteiger partial charge on any atom is -0.467 e. The molecule has 80 valence electrons. The smallest absolute Gasteiger partial charge is 0.328 e. The zero-order chi connectivity index (χ0) is 10.7. The first kappa shape index (κ1) is 11.0. The van der Waals surface area contributed by atoms with Crippen LogP contribution in [0.5, 0.6) is 0 Å². The van der Waals surface area contributed by atoms with E-state index in [1.54, 1.807) is 18.7 Å². The molecule has 0 unspecified atom stereocenters. The number of rotatable bonds is 2. The Bertz CT molecular complexity index is 242. The summed E-state index contributed by atoms with van der Waals surface area (Å²) in [7, 11) is 1.33. The van der Waals surface area contributed by atoms with Crippen LogP contribution in [-0.2, 0) is 14.3 Å². The lowest BCUT2D eigenvalue weighted by molar-refractivity contribution is -0.153. The molecule has 0 aromatic heterocycles. The fourth-order valence-corrected chi connectivity index (χ4v) is 1.53. The molecule has 1 aliphatic heterocycles. The molecule has 0 aromatic rings. The number of hydrogen-bond donors (Lipinski definition) is 1. The Kier molecular flexibility index (Phi) is 3.46. The first-order chi connectivity index (χ1) is 6.57. The maximum atomic E-state index is 11.6. The Morgan fingerprint density at radius 2 is 2.36 bits per heavy atom. The van der Waals surface area contributed by atoms with Gasteiger partial charge in [-0.05, 0) is 13.8 Å². The van der Waals surface area contributed by atoms with Gasteiger partial charge in [-0.15, -0.1) is 0 Å². The van der Waals surface area contributed by atoms with Gasteiger partial charge in [0.25, 0.3) is 0 Å². The number of hydrogen-bond acceptors (Lipinski definition) is 4. The molecule has 1 heterocycles. The van der Waals surface area contributed by atoms with E-state index in [2.05, 4.69) is 10.1 Å². The highest BCUT2D eigenvalue weighted by atomic mass is 16.5. The molecule has 5 nitrogen and oxygen atoms in total. The highest BCUT2D eigenvalue weighted by molar-refractivity contribution is 5.87. The quantitative estimate of drug-likeness (QED) is 0.603. The third kappa shape index (κ3) is 2.04. The van der Waals surface area contributed by atoms with Gasteiger partial charge in [0.1, 0.15) is 6.04 Å². The molecule has 5 heteroatoms. The van der Waals surface area contributed by atoms with Crippen LogP contribution >= 0.6 is 0 Å². The van der Waals surface area contributed by atoms with Gasteiger partial charge in [0, 0.05) is 13.1 Å². The van der Waals surface area contributed by atoms with Crippen molar-refractivity contribution in [2.75, 3.05) is 20.2 Å². The van der Waals surface area contributed by atoms with E-state index in [1.165, 1.54) is 7.11 Å². The zero-order valence-electron chi connectivity index (χ0n) is 8.74. The van der Waals surface area contributed by atoms with E-state index in [0.29, 0.717) is 13.1 Å². The Labute approximate surface area is 83.4 Å². The topological polar surface area (TPSA) is 58.6 Å². The Morgan fingerprint density at radius 1 is 1.71 bits per heavy atom. The summed E-state index contributed by atoms with van der Waals surface area (Å²) < 4.78 is 4.60. The molecule has 0 radical (unpaired) electrons. The normalized spacial score (nSPS) is 24.6. The molecule has 1 aliphatic rings. The number of carbonyl (C=O) groups excluding carboxylic acids is 2. The Hall–Kier alpha value is -1.10. The van der Waals surface area contributed by atoms with Gasteiger partial charge in [-0.1, -0.05) is 0 Å². The first-order valence-corrected chi connectivity index (χ1v) is 4.69. The summed E-state index contributed by atoms with van der Waals surface area (Å²) in [4.78, 5) is 24.4. The van der Waals surface area contributed by atoms with Gasteiger partial charge in [0.15, 0.2) is 0 Å². The fraction of sp³-hybridized carbons (Fsp3) is 0.778. The van der Waals surface area contributed by atoms with Gasteiger partial charge in [0.05, 0.1) is 13.2 Å². The summed E-state index contributed by atoms with van der Waals surface area (Å²) in [5.74, 6) is -0.415. The summed E-state index contributed by atoms with van der Waals surface area (Å²) in [5, 5.41) is 3.03. The van der Waals surface area contributed by atoms with Crippen LogP contribution in [0.15, 0.2) is 0 Å². The van der Waals surface area contributed by atoms with Crippen molar-refractivity contribution in [2.45, 2.75) is 25.9 Å². The van der Waals surface area contributed by atoms with Crippen molar-refractivity contribution in [3.8, 4) is 0 Å². The predicted octanol–water partition coefficient (Wildman–Crippen LogP) is -0.632. The molecule has 0 saturated carbocycles. The summed E-state index contributed by atoms with van der Waals surface area (Å²) in [6.07, 6.45) is 0. The molecule has 1 amide bonds. The lowest BCUT2D eigenvalue weighted by Crippen LogP contribution is -2.58. The number of carbonyl (C=O) groups is 2. The highest BCUT2D eigenvalue weighted by Gasteiger charge is 2.31. The number of esters is 1. The van der Waals surface area contributed by atoms with Crippen LogP contribution in [0.3, 0.4) is 0 Å². The van der Waals surface area contributed by atoms with Gasteiger partial charge in [-0.3, -0.25) is 4.79 Å². The second-order valence-electron chi connectivity index (χ2n) is 3.41. The van der Waals surface area contributed by atoms with Crippen molar-refractivity contribution in [2.24, 2.45) is 0 Å². The zero-order valence-corrected chi connectivity index (χ0v) is 8.74. The van der Waals surface area contributed by atoms with Gasteiger partial charge in [-0.2, -0.15) is 0 Å². The standard InChI is InChI=1S/C9H16N2O3/c1-6-8(12)11(5-4-10-6)7(2)9(13)14-3/h6-7,10H,4-5H2,1-3H3/t6-,7+/m0/s1. The summed E-state index contributed by atoms with van der Waals surface area (Å²) >= 11 is 0. The van der Waals surface area contributed by atoms with E-state index < -0.39 is 6.04 Å². The third-order valence-corrected chi connectivity index (χ3v) is 2.47. The number of amides is 1. The van der Waals surface area contributed by atoms with Crippen LogP contribution in [0.1, 0.15) is 13.8 Å². The van der Waals surface area contributed by atoms with E-state index >= 15 is 0 Å². The van der Waals surface area contributed by atoms with Gasteiger partial charge in [0.2, 0.25) is 5.91 Å². The lowest BCUT2D eigenvalue weighted by atomic mass is 10.1. The van der Waals surface area contributed by atoms with Gasteiger partial charge < -0.3 is 15.0 Å². The molecule has 2 atom stereocenters. The van der Waals surface area contributed by atoms with Crippen LogP contribution < -0.4 is 5.32 Å².